The summed E-state index contributed by atoms with van der Waals surface area (Å²) in [6, 6.07) is 5.67. The minimum atomic E-state index is -0.170. The van der Waals surface area contributed by atoms with Crippen molar-refractivity contribution in [1.29, 1.82) is 0 Å². The highest BCUT2D eigenvalue weighted by molar-refractivity contribution is 9.10. The molecule has 0 unspecified atom stereocenters. The molecule has 4 heteroatoms. The molecule has 2 amide bonds. The number of aryl methyl sites for hydroxylation is 1. The van der Waals surface area contributed by atoms with E-state index in [2.05, 4.69) is 15.9 Å². The van der Waals surface area contributed by atoms with Gasteiger partial charge >= 0.3 is 0 Å². The molecule has 1 heterocycles. The van der Waals surface area contributed by atoms with Crippen LogP contribution in [0, 0.1) is 18.8 Å². The lowest BCUT2D eigenvalue weighted by Crippen LogP contribution is -2.30. The number of carbonyl (C=O) groups is 2. The van der Waals surface area contributed by atoms with Crippen molar-refractivity contribution >= 4 is 33.4 Å². The molecule has 1 aromatic carbocycles. The summed E-state index contributed by atoms with van der Waals surface area (Å²) in [7, 11) is 0. The first-order chi connectivity index (χ1) is 9.08. The Kier molecular flexibility index (Phi) is 3.05. The number of imide groups is 1. The number of allylic oxidation sites excluding steroid dienone is 2. The summed E-state index contributed by atoms with van der Waals surface area (Å²) < 4.78 is 0.885. The minimum Gasteiger partial charge on any atom is -0.274 e. The van der Waals surface area contributed by atoms with Crippen LogP contribution >= 0.6 is 15.9 Å². The Morgan fingerprint density at radius 2 is 1.63 bits per heavy atom. The van der Waals surface area contributed by atoms with E-state index in [0.29, 0.717) is 18.5 Å². The Hall–Kier alpha value is -1.42. The average Bonchev–Trinajstić information content (AvgIpc) is 2.61. The van der Waals surface area contributed by atoms with Crippen LogP contribution in [-0.2, 0) is 9.59 Å². The van der Waals surface area contributed by atoms with E-state index in [1.807, 2.05) is 37.3 Å². The van der Waals surface area contributed by atoms with Gasteiger partial charge in [-0.3, -0.25) is 9.59 Å². The van der Waals surface area contributed by atoms with E-state index < -0.39 is 0 Å². The summed E-state index contributed by atoms with van der Waals surface area (Å²) >= 11 is 3.42. The maximum Gasteiger partial charge on any atom is 0.238 e. The fraction of sp³-hybridized carbons (Fsp3) is 0.333. The lowest BCUT2D eigenvalue weighted by Gasteiger charge is -2.15. The Balaban J connectivity index is 2.01. The monoisotopic (exact) mass is 319 g/mol. The predicted molar refractivity (Wildman–Crippen MR) is 76.7 cm³/mol. The molecular formula is C15H14BrNO2. The quantitative estimate of drug-likeness (QED) is 0.588. The van der Waals surface area contributed by atoms with E-state index in [0.717, 1.165) is 10.0 Å². The Labute approximate surface area is 120 Å². The fourth-order valence-electron chi connectivity index (χ4n) is 2.90. The second-order valence-electron chi connectivity index (χ2n) is 5.15. The van der Waals surface area contributed by atoms with Gasteiger partial charge in [0.25, 0.3) is 0 Å². The topological polar surface area (TPSA) is 37.4 Å². The van der Waals surface area contributed by atoms with Crippen molar-refractivity contribution in [3.8, 4) is 0 Å². The third-order valence-corrected chi connectivity index (χ3v) is 4.25. The highest BCUT2D eigenvalue weighted by Crippen LogP contribution is 2.38. The van der Waals surface area contributed by atoms with Crippen LogP contribution in [0.25, 0.3) is 0 Å². The lowest BCUT2D eigenvalue weighted by atomic mass is 9.85. The van der Waals surface area contributed by atoms with Crippen LogP contribution in [0.5, 0.6) is 0 Å². The molecule has 3 rings (SSSR count). The van der Waals surface area contributed by atoms with Gasteiger partial charge in [0.2, 0.25) is 11.8 Å². The molecule has 2 atom stereocenters. The molecule has 1 saturated heterocycles. The second-order valence-corrected chi connectivity index (χ2v) is 6.07. The van der Waals surface area contributed by atoms with Gasteiger partial charge in [-0.25, -0.2) is 4.90 Å². The van der Waals surface area contributed by atoms with E-state index >= 15 is 0 Å². The number of benzene rings is 1. The number of fused-ring (bicyclic) bond motifs is 1. The maximum absolute atomic E-state index is 12.4. The zero-order chi connectivity index (χ0) is 13.6. The summed E-state index contributed by atoms with van der Waals surface area (Å²) in [4.78, 5) is 26.2. The number of carbonyl (C=O) groups excluding carboxylic acids is 2. The van der Waals surface area contributed by atoms with Crippen molar-refractivity contribution in [3.63, 3.8) is 0 Å². The van der Waals surface area contributed by atoms with Crippen molar-refractivity contribution in [2.45, 2.75) is 19.8 Å². The number of nitrogens with zero attached hydrogens (tertiary/aromatic N) is 1. The molecule has 3 nitrogen and oxygen atoms in total. The molecule has 0 aromatic heterocycles. The van der Waals surface area contributed by atoms with Crippen LogP contribution in [0.15, 0.2) is 34.8 Å². The molecule has 1 aliphatic heterocycles. The lowest BCUT2D eigenvalue weighted by molar-refractivity contribution is -0.122. The smallest absolute Gasteiger partial charge is 0.238 e. The normalized spacial score (nSPS) is 25.9. The van der Waals surface area contributed by atoms with Crippen molar-refractivity contribution in [2.75, 3.05) is 4.90 Å². The predicted octanol–water partition coefficient (Wildman–Crippen LogP) is 3.21. The number of halogens is 1. The Bertz CT molecular complexity index is 548. The van der Waals surface area contributed by atoms with Gasteiger partial charge in [0.1, 0.15) is 0 Å². The summed E-state index contributed by atoms with van der Waals surface area (Å²) in [6.07, 6.45) is 5.36. The summed E-state index contributed by atoms with van der Waals surface area (Å²) in [6.45, 7) is 1.95. The van der Waals surface area contributed by atoms with Gasteiger partial charge in [0, 0.05) is 4.47 Å². The minimum absolute atomic E-state index is 0.0585. The van der Waals surface area contributed by atoms with E-state index in [1.54, 1.807) is 0 Å². The zero-order valence-electron chi connectivity index (χ0n) is 10.6. The van der Waals surface area contributed by atoms with Gasteiger partial charge in [-0.05, 0) is 43.5 Å². The van der Waals surface area contributed by atoms with Gasteiger partial charge in [-0.15, -0.1) is 0 Å². The van der Waals surface area contributed by atoms with Gasteiger partial charge in [0.15, 0.2) is 0 Å². The molecule has 1 fully saturated rings. The van der Waals surface area contributed by atoms with Gasteiger partial charge in [-0.1, -0.05) is 28.1 Å². The molecule has 1 aromatic rings. The molecule has 0 N–H and O–H groups in total. The molecular weight excluding hydrogens is 306 g/mol. The van der Waals surface area contributed by atoms with Crippen LogP contribution in [-0.4, -0.2) is 11.8 Å². The molecule has 2 aliphatic rings. The van der Waals surface area contributed by atoms with Gasteiger partial charge in [-0.2, -0.15) is 0 Å². The highest BCUT2D eigenvalue weighted by Gasteiger charge is 2.47. The summed E-state index contributed by atoms with van der Waals surface area (Å²) in [5.74, 6) is -0.456. The third kappa shape index (κ3) is 2.04. The first kappa shape index (κ1) is 12.6. The molecule has 0 bridgehead atoms. The van der Waals surface area contributed by atoms with Crippen LogP contribution in [0.4, 0.5) is 5.69 Å². The van der Waals surface area contributed by atoms with Crippen LogP contribution in [0.3, 0.4) is 0 Å². The average molecular weight is 320 g/mol. The van der Waals surface area contributed by atoms with E-state index in [9.17, 15) is 9.59 Å². The highest BCUT2D eigenvalue weighted by atomic mass is 79.9. The zero-order valence-corrected chi connectivity index (χ0v) is 12.2. The first-order valence-corrected chi connectivity index (χ1v) is 7.17. The Morgan fingerprint density at radius 3 is 2.16 bits per heavy atom. The molecule has 1 aliphatic carbocycles. The van der Waals surface area contributed by atoms with Gasteiger partial charge < -0.3 is 0 Å². The van der Waals surface area contributed by atoms with Crippen molar-refractivity contribution in [2.24, 2.45) is 11.8 Å². The number of hydrogen-bond donors (Lipinski definition) is 0. The van der Waals surface area contributed by atoms with Crippen molar-refractivity contribution in [1.82, 2.24) is 0 Å². The number of hydrogen-bond acceptors (Lipinski definition) is 2. The first-order valence-electron chi connectivity index (χ1n) is 6.38. The van der Waals surface area contributed by atoms with Crippen LogP contribution in [0.1, 0.15) is 18.4 Å². The molecule has 0 saturated carbocycles. The Morgan fingerprint density at radius 1 is 1.05 bits per heavy atom. The van der Waals surface area contributed by atoms with E-state index in [4.69, 9.17) is 0 Å². The molecule has 19 heavy (non-hydrogen) atoms. The standard InChI is InChI=1S/C15H14BrNO2/c1-9-6-10(16)8-11(7-9)17-14(18)12-4-2-3-5-13(12)15(17)19/h2-3,6-8,12-13H,4-5H2,1H3/t12-,13+. The number of anilines is 1. The van der Waals surface area contributed by atoms with E-state index in [-0.39, 0.29) is 23.7 Å². The number of rotatable bonds is 1. The number of amides is 2. The van der Waals surface area contributed by atoms with Gasteiger partial charge in [0.05, 0.1) is 17.5 Å². The summed E-state index contributed by atoms with van der Waals surface area (Å²) in [5, 5.41) is 0. The molecule has 0 spiro atoms. The van der Waals surface area contributed by atoms with E-state index in [1.165, 1.54) is 4.90 Å². The van der Waals surface area contributed by atoms with Crippen LogP contribution in [0.2, 0.25) is 0 Å². The molecule has 0 radical (unpaired) electrons. The SMILES string of the molecule is Cc1cc(Br)cc(N2C(=O)[C@H]3CC=CC[C@H]3C2=O)c1. The third-order valence-electron chi connectivity index (χ3n) is 3.79. The summed E-state index contributed by atoms with van der Waals surface area (Å²) in [5.41, 5.74) is 1.70. The fourth-order valence-corrected chi connectivity index (χ4v) is 3.50. The van der Waals surface area contributed by atoms with Crippen LogP contribution < -0.4 is 4.90 Å². The maximum atomic E-state index is 12.4. The largest absolute Gasteiger partial charge is 0.274 e. The van der Waals surface area contributed by atoms with Crippen molar-refractivity contribution < 1.29 is 9.59 Å². The van der Waals surface area contributed by atoms with Crippen molar-refractivity contribution in [3.05, 3.63) is 40.4 Å². The second kappa shape index (κ2) is 4.60. The molecule has 98 valence electrons.